The number of hydrogen-bond acceptors (Lipinski definition) is 5. The molecule has 0 saturated heterocycles. The SMILES string of the molecule is CC[C@H](C)CN(NC(=O)[C@H](CC(C)C)[C@H](CCCc1ccccc1)C(=O)NO)C(=O)CCCN. The highest BCUT2D eigenvalue weighted by Crippen LogP contribution is 2.27. The van der Waals surface area contributed by atoms with Gasteiger partial charge in [-0.2, -0.15) is 0 Å². The van der Waals surface area contributed by atoms with Gasteiger partial charge in [0.05, 0.1) is 11.8 Å². The van der Waals surface area contributed by atoms with E-state index in [1.165, 1.54) is 5.01 Å². The molecule has 1 rings (SSSR count). The summed E-state index contributed by atoms with van der Waals surface area (Å²) in [5.74, 6) is -2.16. The lowest BCUT2D eigenvalue weighted by molar-refractivity contribution is -0.148. The number of hydroxylamine groups is 1. The molecule has 192 valence electrons. The number of hydrazine groups is 1. The van der Waals surface area contributed by atoms with Gasteiger partial charge in [-0.15, -0.1) is 0 Å². The first kappa shape index (κ1) is 29.6. The average molecular weight is 477 g/mol. The van der Waals surface area contributed by atoms with Crippen LogP contribution in [0.4, 0.5) is 0 Å². The van der Waals surface area contributed by atoms with Crippen molar-refractivity contribution in [2.24, 2.45) is 29.4 Å². The normalized spacial score (nSPS) is 13.7. The van der Waals surface area contributed by atoms with Crippen molar-refractivity contribution in [1.29, 1.82) is 0 Å². The Balaban J connectivity index is 3.04. The van der Waals surface area contributed by atoms with Crippen molar-refractivity contribution >= 4 is 17.7 Å². The predicted octanol–water partition coefficient (Wildman–Crippen LogP) is 3.44. The molecular formula is C26H44N4O4. The maximum atomic E-state index is 13.4. The van der Waals surface area contributed by atoms with Gasteiger partial charge in [0.1, 0.15) is 0 Å². The van der Waals surface area contributed by atoms with E-state index in [0.29, 0.717) is 38.8 Å². The predicted molar refractivity (Wildman–Crippen MR) is 133 cm³/mol. The van der Waals surface area contributed by atoms with Crippen molar-refractivity contribution in [2.75, 3.05) is 13.1 Å². The minimum Gasteiger partial charge on any atom is -0.330 e. The fourth-order valence-electron chi connectivity index (χ4n) is 3.99. The molecule has 1 aromatic carbocycles. The molecule has 3 amide bonds. The van der Waals surface area contributed by atoms with E-state index in [-0.39, 0.29) is 30.1 Å². The molecule has 8 heteroatoms. The van der Waals surface area contributed by atoms with E-state index in [9.17, 15) is 19.6 Å². The number of nitrogens with one attached hydrogen (secondary N) is 2. The monoisotopic (exact) mass is 476 g/mol. The van der Waals surface area contributed by atoms with Gasteiger partial charge in [0, 0.05) is 13.0 Å². The van der Waals surface area contributed by atoms with E-state index in [4.69, 9.17) is 5.73 Å². The maximum Gasteiger partial charge on any atom is 0.247 e. The summed E-state index contributed by atoms with van der Waals surface area (Å²) >= 11 is 0. The third-order valence-electron chi connectivity index (χ3n) is 6.15. The zero-order valence-electron chi connectivity index (χ0n) is 21.3. The highest BCUT2D eigenvalue weighted by atomic mass is 16.5. The third-order valence-corrected chi connectivity index (χ3v) is 6.15. The smallest absolute Gasteiger partial charge is 0.247 e. The fraction of sp³-hybridized carbons (Fsp3) is 0.654. The first-order valence-corrected chi connectivity index (χ1v) is 12.5. The number of hydrogen-bond donors (Lipinski definition) is 4. The summed E-state index contributed by atoms with van der Waals surface area (Å²) in [5.41, 5.74) is 11.3. The Morgan fingerprint density at radius 3 is 2.26 bits per heavy atom. The number of nitrogens with zero attached hydrogens (tertiary/aromatic N) is 1. The number of carbonyl (C=O) groups is 3. The summed E-state index contributed by atoms with van der Waals surface area (Å²) in [6.07, 6.45) is 4.01. The second-order valence-electron chi connectivity index (χ2n) is 9.58. The van der Waals surface area contributed by atoms with E-state index in [1.54, 1.807) is 5.48 Å². The molecule has 0 aliphatic carbocycles. The quantitative estimate of drug-likeness (QED) is 0.228. The lowest BCUT2D eigenvalue weighted by Gasteiger charge is -2.31. The molecule has 34 heavy (non-hydrogen) atoms. The zero-order chi connectivity index (χ0) is 25.5. The topological polar surface area (TPSA) is 125 Å². The Labute approximate surface area is 204 Å². The van der Waals surface area contributed by atoms with Crippen molar-refractivity contribution in [2.45, 2.75) is 72.6 Å². The first-order chi connectivity index (χ1) is 16.2. The Hall–Kier alpha value is -2.45. The number of aryl methyl sites for hydroxylation is 1. The van der Waals surface area contributed by atoms with Gasteiger partial charge in [-0.25, -0.2) is 5.48 Å². The summed E-state index contributed by atoms with van der Waals surface area (Å²) in [6, 6.07) is 9.94. The second-order valence-corrected chi connectivity index (χ2v) is 9.58. The number of nitrogens with two attached hydrogens (primary N) is 1. The van der Waals surface area contributed by atoms with Crippen LogP contribution in [-0.4, -0.2) is 41.0 Å². The Morgan fingerprint density at radius 2 is 1.71 bits per heavy atom. The number of benzene rings is 1. The van der Waals surface area contributed by atoms with E-state index >= 15 is 0 Å². The molecule has 0 fully saturated rings. The number of amides is 3. The van der Waals surface area contributed by atoms with Crippen molar-refractivity contribution in [3.63, 3.8) is 0 Å². The summed E-state index contributed by atoms with van der Waals surface area (Å²) in [6.45, 7) is 8.82. The van der Waals surface area contributed by atoms with E-state index < -0.39 is 17.7 Å². The summed E-state index contributed by atoms with van der Waals surface area (Å²) in [4.78, 5) is 38.8. The molecule has 0 radical (unpaired) electrons. The molecule has 1 aromatic rings. The summed E-state index contributed by atoms with van der Waals surface area (Å²) in [7, 11) is 0. The lowest BCUT2D eigenvalue weighted by atomic mass is 9.81. The van der Waals surface area contributed by atoms with Gasteiger partial charge in [0.25, 0.3) is 0 Å². The van der Waals surface area contributed by atoms with Crippen molar-refractivity contribution < 1.29 is 19.6 Å². The van der Waals surface area contributed by atoms with Crippen LogP contribution in [0.3, 0.4) is 0 Å². The van der Waals surface area contributed by atoms with Crippen LogP contribution in [-0.2, 0) is 20.8 Å². The Kier molecular flexibility index (Phi) is 14.1. The molecular weight excluding hydrogens is 432 g/mol. The van der Waals surface area contributed by atoms with Crippen LogP contribution in [0.2, 0.25) is 0 Å². The molecule has 8 nitrogen and oxygen atoms in total. The fourth-order valence-corrected chi connectivity index (χ4v) is 3.99. The maximum absolute atomic E-state index is 13.4. The molecule has 0 aliphatic heterocycles. The molecule has 0 saturated carbocycles. The van der Waals surface area contributed by atoms with E-state index in [2.05, 4.69) is 5.43 Å². The largest absolute Gasteiger partial charge is 0.330 e. The highest BCUT2D eigenvalue weighted by molar-refractivity contribution is 5.88. The van der Waals surface area contributed by atoms with Crippen LogP contribution < -0.4 is 16.6 Å². The summed E-state index contributed by atoms with van der Waals surface area (Å²) in [5, 5.41) is 10.8. The number of rotatable bonds is 15. The molecule has 5 N–H and O–H groups in total. The zero-order valence-corrected chi connectivity index (χ0v) is 21.3. The lowest BCUT2D eigenvalue weighted by Crippen LogP contribution is -2.52. The molecule has 0 spiro atoms. The van der Waals surface area contributed by atoms with Gasteiger partial charge in [-0.05, 0) is 56.0 Å². The van der Waals surface area contributed by atoms with Gasteiger partial charge >= 0.3 is 0 Å². The van der Waals surface area contributed by atoms with Crippen LogP contribution in [0.25, 0.3) is 0 Å². The van der Waals surface area contributed by atoms with E-state index in [0.717, 1.165) is 18.4 Å². The summed E-state index contributed by atoms with van der Waals surface area (Å²) < 4.78 is 0. The minimum atomic E-state index is -0.708. The molecule has 0 unspecified atom stereocenters. The van der Waals surface area contributed by atoms with Crippen LogP contribution >= 0.6 is 0 Å². The van der Waals surface area contributed by atoms with Crippen molar-refractivity contribution in [3.8, 4) is 0 Å². The van der Waals surface area contributed by atoms with Crippen LogP contribution in [0.5, 0.6) is 0 Å². The minimum absolute atomic E-state index is 0.148. The van der Waals surface area contributed by atoms with Gasteiger partial charge < -0.3 is 5.73 Å². The highest BCUT2D eigenvalue weighted by Gasteiger charge is 2.35. The first-order valence-electron chi connectivity index (χ1n) is 12.5. The third kappa shape index (κ3) is 10.7. The Bertz CT molecular complexity index is 742. The standard InChI is InChI=1S/C26H44N4O4/c1-5-20(4)18-30(24(31)15-10-16-27)28-25(32)23(17-19(2)3)22(26(33)29-34)14-9-13-21-11-7-6-8-12-21/h6-8,11-12,19-20,22-23,34H,5,9-10,13-18,27H2,1-4H3,(H,28,32)(H,29,33)/t20-,22-,23+/m0/s1. The van der Waals surface area contributed by atoms with Crippen LogP contribution in [0.15, 0.2) is 30.3 Å². The molecule has 3 atom stereocenters. The van der Waals surface area contributed by atoms with Gasteiger partial charge in [0.15, 0.2) is 0 Å². The van der Waals surface area contributed by atoms with Gasteiger partial charge in [-0.1, -0.05) is 64.4 Å². The molecule has 0 aromatic heterocycles. The molecule has 0 heterocycles. The van der Waals surface area contributed by atoms with Crippen LogP contribution in [0.1, 0.15) is 71.8 Å². The van der Waals surface area contributed by atoms with E-state index in [1.807, 2.05) is 58.0 Å². The van der Waals surface area contributed by atoms with Crippen LogP contribution in [0, 0.1) is 23.7 Å². The molecule has 0 aliphatic rings. The van der Waals surface area contributed by atoms with Crippen molar-refractivity contribution in [3.05, 3.63) is 35.9 Å². The van der Waals surface area contributed by atoms with Gasteiger partial charge in [-0.3, -0.25) is 30.0 Å². The van der Waals surface area contributed by atoms with Gasteiger partial charge in [0.2, 0.25) is 17.7 Å². The second kappa shape index (κ2) is 16.2. The number of carbonyl (C=O) groups excluding carboxylic acids is 3. The molecule has 0 bridgehead atoms. The van der Waals surface area contributed by atoms with Crippen molar-refractivity contribution in [1.82, 2.24) is 15.9 Å². The Morgan fingerprint density at radius 1 is 1.03 bits per heavy atom. The average Bonchev–Trinajstić information content (AvgIpc) is 2.83.